The van der Waals surface area contributed by atoms with Crippen molar-refractivity contribution in [1.29, 1.82) is 0 Å². The van der Waals surface area contributed by atoms with Crippen molar-refractivity contribution in [3.63, 3.8) is 0 Å². The van der Waals surface area contributed by atoms with Crippen molar-refractivity contribution in [3.05, 3.63) is 53.5 Å². The Kier molecular flexibility index (Phi) is 5.63. The van der Waals surface area contributed by atoms with Gasteiger partial charge >= 0.3 is 0 Å². The minimum Gasteiger partial charge on any atom is -0.493 e. The lowest BCUT2D eigenvalue weighted by atomic mass is 10.1. The van der Waals surface area contributed by atoms with Crippen LogP contribution in [0.3, 0.4) is 0 Å². The molecule has 0 aliphatic rings. The second-order valence-electron chi connectivity index (χ2n) is 5.92. The highest BCUT2D eigenvalue weighted by Gasteiger charge is 2.15. The van der Waals surface area contributed by atoms with Crippen LogP contribution < -0.4 is 19.5 Å². The van der Waals surface area contributed by atoms with E-state index in [2.05, 4.69) is 10.3 Å². The fourth-order valence-electron chi connectivity index (χ4n) is 3.11. The lowest BCUT2D eigenvalue weighted by Gasteiger charge is -2.16. The lowest BCUT2D eigenvalue weighted by Crippen LogP contribution is -2.17. The second-order valence-corrected chi connectivity index (χ2v) is 5.92. The van der Waals surface area contributed by atoms with E-state index in [4.69, 9.17) is 14.2 Å². The van der Waals surface area contributed by atoms with E-state index < -0.39 is 0 Å². The summed E-state index contributed by atoms with van der Waals surface area (Å²) in [6.07, 6.45) is 2.77. The summed E-state index contributed by atoms with van der Waals surface area (Å²) in [4.78, 5) is 3.12. The van der Waals surface area contributed by atoms with Gasteiger partial charge in [0.25, 0.3) is 0 Å². The number of halogens is 1. The molecule has 0 amide bonds. The molecule has 6 heteroatoms. The van der Waals surface area contributed by atoms with Crippen molar-refractivity contribution < 1.29 is 18.6 Å². The standard InChI is InChI=1S/C20H23FN2O3/c1-24-18-7-4-14(19(25-2)20(18)26-3)11-22-9-8-13-12-23-17-10-15(21)5-6-16(13)17/h4-7,10,12,22-23H,8-9,11H2,1-3H3. The van der Waals surface area contributed by atoms with E-state index in [9.17, 15) is 4.39 Å². The molecule has 0 aliphatic heterocycles. The molecule has 26 heavy (non-hydrogen) atoms. The first-order valence-corrected chi connectivity index (χ1v) is 8.42. The van der Waals surface area contributed by atoms with Crippen LogP contribution in [-0.2, 0) is 13.0 Å². The predicted octanol–water partition coefficient (Wildman–Crippen LogP) is 3.67. The van der Waals surface area contributed by atoms with Gasteiger partial charge in [0, 0.05) is 29.2 Å². The maximum atomic E-state index is 13.3. The van der Waals surface area contributed by atoms with Crippen molar-refractivity contribution in [3.8, 4) is 17.2 Å². The maximum Gasteiger partial charge on any atom is 0.203 e. The summed E-state index contributed by atoms with van der Waals surface area (Å²) in [6.45, 7) is 1.42. The molecule has 0 fully saturated rings. The number of aromatic amines is 1. The molecule has 0 saturated carbocycles. The van der Waals surface area contributed by atoms with Gasteiger partial charge in [0.15, 0.2) is 11.5 Å². The van der Waals surface area contributed by atoms with Crippen LogP contribution in [0, 0.1) is 5.82 Å². The fourth-order valence-corrected chi connectivity index (χ4v) is 3.11. The van der Waals surface area contributed by atoms with Crippen LogP contribution in [0.2, 0.25) is 0 Å². The number of rotatable bonds is 8. The summed E-state index contributed by atoms with van der Waals surface area (Å²) >= 11 is 0. The van der Waals surface area contributed by atoms with Crippen LogP contribution in [-0.4, -0.2) is 32.9 Å². The van der Waals surface area contributed by atoms with E-state index in [1.165, 1.54) is 12.1 Å². The Balaban J connectivity index is 1.64. The molecular weight excluding hydrogens is 335 g/mol. The van der Waals surface area contributed by atoms with Crippen LogP contribution in [0.1, 0.15) is 11.1 Å². The first-order chi connectivity index (χ1) is 12.7. The molecule has 3 rings (SSSR count). The van der Waals surface area contributed by atoms with Gasteiger partial charge in [-0.2, -0.15) is 0 Å². The largest absolute Gasteiger partial charge is 0.493 e. The Labute approximate surface area is 152 Å². The van der Waals surface area contributed by atoms with Gasteiger partial charge < -0.3 is 24.5 Å². The number of benzene rings is 2. The summed E-state index contributed by atoms with van der Waals surface area (Å²) in [5, 5.41) is 4.47. The smallest absolute Gasteiger partial charge is 0.203 e. The zero-order chi connectivity index (χ0) is 18.5. The average molecular weight is 358 g/mol. The molecule has 0 radical (unpaired) electrons. The molecule has 1 aromatic heterocycles. The highest BCUT2D eigenvalue weighted by molar-refractivity contribution is 5.83. The molecule has 2 aromatic carbocycles. The average Bonchev–Trinajstić information content (AvgIpc) is 3.06. The normalized spacial score (nSPS) is 10.9. The Morgan fingerprint density at radius 2 is 1.77 bits per heavy atom. The molecule has 0 unspecified atom stereocenters. The van der Waals surface area contributed by atoms with Crippen molar-refractivity contribution in [2.45, 2.75) is 13.0 Å². The number of aromatic nitrogens is 1. The summed E-state index contributed by atoms with van der Waals surface area (Å²) in [7, 11) is 4.81. The van der Waals surface area contributed by atoms with Crippen LogP contribution in [0.15, 0.2) is 36.5 Å². The van der Waals surface area contributed by atoms with E-state index in [0.717, 1.165) is 35.0 Å². The first-order valence-electron chi connectivity index (χ1n) is 8.42. The number of fused-ring (bicyclic) bond motifs is 1. The molecule has 138 valence electrons. The maximum absolute atomic E-state index is 13.3. The number of hydrogen-bond donors (Lipinski definition) is 2. The summed E-state index contributed by atoms with van der Waals surface area (Å²) in [6, 6.07) is 8.64. The molecule has 0 saturated heterocycles. The third kappa shape index (κ3) is 3.60. The molecular formula is C20H23FN2O3. The number of hydrogen-bond acceptors (Lipinski definition) is 4. The van der Waals surface area contributed by atoms with Gasteiger partial charge in [0.05, 0.1) is 21.3 Å². The highest BCUT2D eigenvalue weighted by atomic mass is 19.1. The first kappa shape index (κ1) is 18.1. The van der Waals surface area contributed by atoms with Crippen molar-refractivity contribution in [2.24, 2.45) is 0 Å². The predicted molar refractivity (Wildman–Crippen MR) is 99.8 cm³/mol. The van der Waals surface area contributed by atoms with Gasteiger partial charge in [0.2, 0.25) is 5.75 Å². The van der Waals surface area contributed by atoms with E-state index in [1.807, 2.05) is 24.4 Å². The molecule has 2 N–H and O–H groups in total. The lowest BCUT2D eigenvalue weighted by molar-refractivity contribution is 0.321. The van der Waals surface area contributed by atoms with Crippen molar-refractivity contribution >= 4 is 10.9 Å². The van der Waals surface area contributed by atoms with Gasteiger partial charge in [-0.1, -0.05) is 6.07 Å². The Bertz CT molecular complexity index is 892. The highest BCUT2D eigenvalue weighted by Crippen LogP contribution is 2.39. The van der Waals surface area contributed by atoms with Gasteiger partial charge in [-0.15, -0.1) is 0 Å². The summed E-state index contributed by atoms with van der Waals surface area (Å²) in [5.41, 5.74) is 2.97. The van der Waals surface area contributed by atoms with E-state index >= 15 is 0 Å². The SMILES string of the molecule is COc1ccc(CNCCc2c[nH]c3cc(F)ccc23)c(OC)c1OC. The second kappa shape index (κ2) is 8.10. The molecule has 0 atom stereocenters. The fraction of sp³-hybridized carbons (Fsp3) is 0.300. The zero-order valence-electron chi connectivity index (χ0n) is 15.2. The number of H-pyrrole nitrogens is 1. The van der Waals surface area contributed by atoms with Crippen LogP contribution >= 0.6 is 0 Å². The van der Waals surface area contributed by atoms with Crippen molar-refractivity contribution in [2.75, 3.05) is 27.9 Å². The van der Waals surface area contributed by atoms with Crippen molar-refractivity contribution in [1.82, 2.24) is 10.3 Å². The minimum atomic E-state index is -0.232. The van der Waals surface area contributed by atoms with E-state index in [1.54, 1.807) is 21.3 Å². The third-order valence-corrected chi connectivity index (χ3v) is 4.40. The van der Waals surface area contributed by atoms with E-state index in [0.29, 0.717) is 23.8 Å². The van der Waals surface area contributed by atoms with Crippen LogP contribution in [0.4, 0.5) is 4.39 Å². The number of ether oxygens (including phenoxy) is 3. The van der Waals surface area contributed by atoms with E-state index in [-0.39, 0.29) is 5.82 Å². The molecule has 3 aromatic rings. The molecule has 0 aliphatic carbocycles. The monoisotopic (exact) mass is 358 g/mol. The van der Waals surface area contributed by atoms with Crippen LogP contribution in [0.25, 0.3) is 10.9 Å². The summed E-state index contributed by atoms with van der Waals surface area (Å²) in [5.74, 6) is 1.67. The Morgan fingerprint density at radius 3 is 2.50 bits per heavy atom. The molecule has 1 heterocycles. The molecule has 5 nitrogen and oxygen atoms in total. The number of nitrogens with one attached hydrogen (secondary N) is 2. The molecule has 0 bridgehead atoms. The third-order valence-electron chi connectivity index (χ3n) is 4.40. The van der Waals surface area contributed by atoms with Gasteiger partial charge in [-0.05, 0) is 42.8 Å². The Hall–Kier alpha value is -2.73. The Morgan fingerprint density at radius 1 is 0.962 bits per heavy atom. The van der Waals surface area contributed by atoms with Gasteiger partial charge in [-0.3, -0.25) is 0 Å². The zero-order valence-corrected chi connectivity index (χ0v) is 15.2. The van der Waals surface area contributed by atoms with Gasteiger partial charge in [-0.25, -0.2) is 4.39 Å². The van der Waals surface area contributed by atoms with Gasteiger partial charge in [0.1, 0.15) is 5.82 Å². The minimum absolute atomic E-state index is 0.232. The molecule has 0 spiro atoms. The quantitative estimate of drug-likeness (QED) is 0.604. The van der Waals surface area contributed by atoms with Crippen LogP contribution in [0.5, 0.6) is 17.2 Å². The summed E-state index contributed by atoms with van der Waals surface area (Å²) < 4.78 is 29.5. The topological polar surface area (TPSA) is 55.5 Å². The number of methoxy groups -OCH3 is 3.